The number of aliphatic hydroxyl groups excluding tert-OH is 1. The summed E-state index contributed by atoms with van der Waals surface area (Å²) < 4.78 is 0. The van der Waals surface area contributed by atoms with Crippen molar-refractivity contribution >= 4 is 17.3 Å². The molecule has 0 fully saturated rings. The second kappa shape index (κ2) is 6.37. The van der Waals surface area contributed by atoms with Gasteiger partial charge in [0.2, 0.25) is 0 Å². The zero-order valence-electron chi connectivity index (χ0n) is 11.1. The molecular formula is C14H19ClN2O2. The van der Waals surface area contributed by atoms with Crippen molar-refractivity contribution < 1.29 is 9.94 Å². The van der Waals surface area contributed by atoms with Gasteiger partial charge in [-0.1, -0.05) is 42.7 Å². The molecule has 1 heterocycles. The molecule has 104 valence electrons. The molecule has 1 aromatic carbocycles. The van der Waals surface area contributed by atoms with Crippen LogP contribution in [0, 0.1) is 0 Å². The van der Waals surface area contributed by atoms with Gasteiger partial charge < -0.3 is 15.3 Å². The van der Waals surface area contributed by atoms with Gasteiger partial charge in [-0.25, -0.2) is 0 Å². The maximum Gasteiger partial charge on any atom is 0.160 e. The van der Waals surface area contributed by atoms with E-state index in [2.05, 4.69) is 10.5 Å². The number of aliphatic hydroxyl groups is 1. The minimum absolute atomic E-state index is 0.281. The molecule has 0 radical (unpaired) electrons. The number of hydrogen-bond acceptors (Lipinski definition) is 4. The van der Waals surface area contributed by atoms with Crippen LogP contribution in [-0.4, -0.2) is 35.6 Å². The van der Waals surface area contributed by atoms with Crippen LogP contribution >= 0.6 is 11.6 Å². The second-order valence-corrected chi connectivity index (χ2v) is 5.46. The van der Waals surface area contributed by atoms with Crippen LogP contribution in [0.3, 0.4) is 0 Å². The molecule has 0 saturated heterocycles. The third-order valence-electron chi connectivity index (χ3n) is 3.03. The molecule has 0 amide bonds. The third kappa shape index (κ3) is 3.93. The van der Waals surface area contributed by atoms with E-state index in [1.807, 2.05) is 38.1 Å². The Hall–Kier alpha value is -1.10. The highest BCUT2D eigenvalue weighted by Gasteiger charge is 2.28. The fourth-order valence-electron chi connectivity index (χ4n) is 1.90. The van der Waals surface area contributed by atoms with Gasteiger partial charge in [0.25, 0.3) is 0 Å². The minimum Gasteiger partial charge on any atom is -0.389 e. The average molecular weight is 283 g/mol. The number of rotatable bonds is 5. The van der Waals surface area contributed by atoms with Gasteiger partial charge in [0.15, 0.2) is 6.10 Å². The van der Waals surface area contributed by atoms with Crippen LogP contribution in [-0.2, 0) is 4.84 Å². The molecule has 19 heavy (non-hydrogen) atoms. The molecule has 5 heteroatoms. The summed E-state index contributed by atoms with van der Waals surface area (Å²) in [6.45, 7) is 4.58. The Labute approximate surface area is 118 Å². The van der Waals surface area contributed by atoms with E-state index in [1.54, 1.807) is 0 Å². The lowest BCUT2D eigenvalue weighted by Gasteiger charge is -2.18. The topological polar surface area (TPSA) is 53.8 Å². The fourth-order valence-corrected chi connectivity index (χ4v) is 2.03. The summed E-state index contributed by atoms with van der Waals surface area (Å²) in [7, 11) is 0. The molecule has 2 unspecified atom stereocenters. The van der Waals surface area contributed by atoms with Gasteiger partial charge >= 0.3 is 0 Å². The predicted molar refractivity (Wildman–Crippen MR) is 76.6 cm³/mol. The van der Waals surface area contributed by atoms with Crippen LogP contribution in [0.1, 0.15) is 25.8 Å². The van der Waals surface area contributed by atoms with Gasteiger partial charge in [-0.3, -0.25) is 0 Å². The summed E-state index contributed by atoms with van der Waals surface area (Å²) in [5.41, 5.74) is 1.83. The number of nitrogens with zero attached hydrogens (tertiary/aromatic N) is 1. The van der Waals surface area contributed by atoms with Crippen molar-refractivity contribution in [3.63, 3.8) is 0 Å². The van der Waals surface area contributed by atoms with Crippen molar-refractivity contribution in [1.29, 1.82) is 0 Å². The van der Waals surface area contributed by atoms with Crippen LogP contribution in [0.15, 0.2) is 29.4 Å². The van der Waals surface area contributed by atoms with E-state index in [1.165, 1.54) is 0 Å². The van der Waals surface area contributed by atoms with Gasteiger partial charge in [0.1, 0.15) is 6.10 Å². The molecule has 0 aliphatic carbocycles. The largest absolute Gasteiger partial charge is 0.389 e. The Morgan fingerprint density at radius 1 is 1.42 bits per heavy atom. The normalized spacial score (nSPS) is 20.3. The highest BCUT2D eigenvalue weighted by molar-refractivity contribution is 6.30. The molecule has 1 aliphatic rings. The van der Waals surface area contributed by atoms with Crippen molar-refractivity contribution in [3.05, 3.63) is 34.9 Å². The van der Waals surface area contributed by atoms with Gasteiger partial charge in [0.05, 0.1) is 5.71 Å². The van der Waals surface area contributed by atoms with E-state index in [0.717, 1.165) is 11.3 Å². The first-order valence-electron chi connectivity index (χ1n) is 6.46. The van der Waals surface area contributed by atoms with Crippen molar-refractivity contribution in [1.82, 2.24) is 5.32 Å². The third-order valence-corrected chi connectivity index (χ3v) is 3.29. The Bertz CT molecular complexity index is 445. The van der Waals surface area contributed by atoms with E-state index in [4.69, 9.17) is 16.4 Å². The Morgan fingerprint density at radius 2 is 2.11 bits per heavy atom. The van der Waals surface area contributed by atoms with Crippen LogP contribution in [0.4, 0.5) is 0 Å². The quantitative estimate of drug-likeness (QED) is 0.870. The number of hydrogen-bond donors (Lipinski definition) is 2. The number of oxime groups is 1. The zero-order chi connectivity index (χ0) is 13.8. The number of nitrogens with one attached hydrogen (secondary N) is 1. The fraction of sp³-hybridized carbons (Fsp3) is 0.500. The average Bonchev–Trinajstić information content (AvgIpc) is 2.86. The van der Waals surface area contributed by atoms with Crippen molar-refractivity contribution in [3.8, 4) is 0 Å². The van der Waals surface area contributed by atoms with E-state index in [9.17, 15) is 5.11 Å². The van der Waals surface area contributed by atoms with Gasteiger partial charge in [0, 0.05) is 24.0 Å². The van der Waals surface area contributed by atoms with Crippen LogP contribution in [0.5, 0.6) is 0 Å². The maximum atomic E-state index is 10.0. The standard InChI is InChI=1S/C14H19ClN2O2/c1-9(2)16-8-13(18)14-7-12(17-19-14)10-3-5-11(15)6-4-10/h3-6,9,13-14,16,18H,7-8H2,1-2H3. The van der Waals surface area contributed by atoms with E-state index in [0.29, 0.717) is 24.0 Å². The Morgan fingerprint density at radius 3 is 2.74 bits per heavy atom. The molecule has 0 saturated carbocycles. The summed E-state index contributed by atoms with van der Waals surface area (Å²) in [6, 6.07) is 7.80. The lowest BCUT2D eigenvalue weighted by atomic mass is 10.0. The lowest BCUT2D eigenvalue weighted by molar-refractivity contribution is -0.0166. The molecule has 1 aromatic rings. The Kier molecular flexibility index (Phi) is 4.80. The lowest BCUT2D eigenvalue weighted by Crippen LogP contribution is -2.39. The van der Waals surface area contributed by atoms with E-state index >= 15 is 0 Å². The van der Waals surface area contributed by atoms with E-state index < -0.39 is 6.10 Å². The highest BCUT2D eigenvalue weighted by atomic mass is 35.5. The first-order valence-corrected chi connectivity index (χ1v) is 6.84. The summed E-state index contributed by atoms with van der Waals surface area (Å²) in [6.07, 6.45) is -0.226. The summed E-state index contributed by atoms with van der Waals surface area (Å²) in [5, 5.41) is 18.0. The van der Waals surface area contributed by atoms with E-state index in [-0.39, 0.29) is 6.10 Å². The molecule has 1 aliphatic heterocycles. The molecule has 0 aromatic heterocycles. The zero-order valence-corrected chi connectivity index (χ0v) is 11.9. The first kappa shape index (κ1) is 14.3. The molecular weight excluding hydrogens is 264 g/mol. The maximum absolute atomic E-state index is 10.0. The smallest absolute Gasteiger partial charge is 0.160 e. The number of benzene rings is 1. The molecule has 2 atom stereocenters. The summed E-state index contributed by atoms with van der Waals surface area (Å²) >= 11 is 5.85. The predicted octanol–water partition coefficient (Wildman–Crippen LogP) is 2.19. The van der Waals surface area contributed by atoms with Crippen molar-refractivity contribution in [2.75, 3.05) is 6.54 Å². The van der Waals surface area contributed by atoms with Gasteiger partial charge in [-0.15, -0.1) is 0 Å². The van der Waals surface area contributed by atoms with Crippen molar-refractivity contribution in [2.24, 2.45) is 5.16 Å². The monoisotopic (exact) mass is 282 g/mol. The van der Waals surface area contributed by atoms with Crippen LogP contribution < -0.4 is 5.32 Å². The van der Waals surface area contributed by atoms with Gasteiger partial charge in [-0.05, 0) is 17.7 Å². The summed E-state index contributed by atoms with van der Waals surface area (Å²) in [4.78, 5) is 5.31. The second-order valence-electron chi connectivity index (χ2n) is 5.02. The molecule has 2 N–H and O–H groups in total. The van der Waals surface area contributed by atoms with Crippen LogP contribution in [0.2, 0.25) is 5.02 Å². The molecule has 0 bridgehead atoms. The van der Waals surface area contributed by atoms with Crippen molar-refractivity contribution in [2.45, 2.75) is 38.5 Å². The molecule has 2 rings (SSSR count). The Balaban J connectivity index is 1.90. The SMILES string of the molecule is CC(C)NCC(O)C1CC(c2ccc(Cl)cc2)=NO1. The summed E-state index contributed by atoms with van der Waals surface area (Å²) in [5.74, 6) is 0. The number of halogens is 1. The highest BCUT2D eigenvalue weighted by Crippen LogP contribution is 2.20. The molecule has 0 spiro atoms. The first-order chi connectivity index (χ1) is 9.06. The minimum atomic E-state index is -0.559. The molecule has 4 nitrogen and oxygen atoms in total. The van der Waals surface area contributed by atoms with Gasteiger partial charge in [-0.2, -0.15) is 0 Å². The van der Waals surface area contributed by atoms with Crippen LogP contribution in [0.25, 0.3) is 0 Å².